The molecule has 7 heteroatoms. The molecular formula is C28H39NO5S. The smallest absolute Gasteiger partial charge is 0.316 e. The number of thioether (sulfide) groups is 1. The van der Waals surface area contributed by atoms with Gasteiger partial charge in [-0.25, -0.2) is 0 Å². The molecule has 3 aliphatic rings. The summed E-state index contributed by atoms with van der Waals surface area (Å²) in [6.07, 6.45) is 7.49. The van der Waals surface area contributed by atoms with Crippen LogP contribution in [0.4, 0.5) is 0 Å². The van der Waals surface area contributed by atoms with Gasteiger partial charge in [-0.05, 0) is 54.6 Å². The van der Waals surface area contributed by atoms with Gasteiger partial charge in [0, 0.05) is 40.5 Å². The Labute approximate surface area is 212 Å². The number of aromatic nitrogens is 1. The molecule has 35 heavy (non-hydrogen) atoms. The quantitative estimate of drug-likeness (QED) is 0.335. The van der Waals surface area contributed by atoms with Gasteiger partial charge in [0.2, 0.25) is 0 Å². The van der Waals surface area contributed by atoms with Crippen LogP contribution in [0.2, 0.25) is 0 Å². The van der Waals surface area contributed by atoms with Crippen molar-refractivity contribution in [2.24, 2.45) is 34.0 Å². The van der Waals surface area contributed by atoms with Crippen LogP contribution in [0, 0.1) is 34.0 Å². The first-order valence-corrected chi connectivity index (χ1v) is 13.7. The number of hydrogen-bond acceptors (Lipinski definition) is 7. The standard InChI is InChI=1S/C28H39NO5S/c1-6-26(4)12-22(34-23(32)16-35-20-11-19(15-30)13-29-14-20)27(5)17(2)7-9-28(18(3)25(26)33)10-8-21(31)24(27)28/h6,11,13-14,17-18,22,24-25,30,33H,1,7-10,12,15-16H2,2-5H3/t17-,18+,22-,24+,25+,26-,27+,28+/m1/s1. The number of ether oxygens (including phenoxy) is 1. The molecule has 3 saturated carbocycles. The highest BCUT2D eigenvalue weighted by molar-refractivity contribution is 8.00. The Morgan fingerprint density at radius 2 is 2.06 bits per heavy atom. The summed E-state index contributed by atoms with van der Waals surface area (Å²) < 4.78 is 6.26. The molecule has 1 heterocycles. The molecule has 6 nitrogen and oxygen atoms in total. The number of nitrogens with zero attached hydrogens (tertiary/aromatic N) is 1. The van der Waals surface area contributed by atoms with Crippen molar-refractivity contribution in [2.75, 3.05) is 5.75 Å². The van der Waals surface area contributed by atoms with Crippen LogP contribution in [0.25, 0.3) is 0 Å². The van der Waals surface area contributed by atoms with Crippen LogP contribution in [-0.2, 0) is 20.9 Å². The summed E-state index contributed by atoms with van der Waals surface area (Å²) in [6, 6.07) is 1.81. The van der Waals surface area contributed by atoms with Gasteiger partial charge in [0.1, 0.15) is 11.9 Å². The molecule has 2 bridgehead atoms. The normalized spacial score (nSPS) is 41.0. The highest BCUT2D eigenvalue weighted by Crippen LogP contribution is 2.68. The minimum Gasteiger partial charge on any atom is -0.461 e. The van der Waals surface area contributed by atoms with Crippen LogP contribution in [0.15, 0.2) is 36.0 Å². The maximum atomic E-state index is 13.4. The fraction of sp³-hybridized carbons (Fsp3) is 0.679. The molecule has 192 valence electrons. The molecule has 0 unspecified atom stereocenters. The van der Waals surface area contributed by atoms with Crippen LogP contribution >= 0.6 is 11.8 Å². The zero-order valence-corrected chi connectivity index (χ0v) is 22.1. The van der Waals surface area contributed by atoms with Gasteiger partial charge in [0.15, 0.2) is 0 Å². The first kappa shape index (κ1) is 26.4. The average Bonchev–Trinajstić information content (AvgIpc) is 3.21. The van der Waals surface area contributed by atoms with E-state index in [4.69, 9.17) is 4.74 Å². The minimum atomic E-state index is -0.672. The Bertz CT molecular complexity index is 999. The van der Waals surface area contributed by atoms with Crippen molar-refractivity contribution in [1.82, 2.24) is 4.98 Å². The number of Topliss-reactive ketones (excluding diaryl/α,β-unsaturated/α-hetero) is 1. The fourth-order valence-corrected chi connectivity index (χ4v) is 8.19. The maximum Gasteiger partial charge on any atom is 0.316 e. The second-order valence-electron chi connectivity index (χ2n) is 11.5. The summed E-state index contributed by atoms with van der Waals surface area (Å²) in [7, 11) is 0. The number of hydrogen-bond donors (Lipinski definition) is 2. The maximum absolute atomic E-state index is 13.4. The third-order valence-electron chi connectivity index (χ3n) is 9.88. The van der Waals surface area contributed by atoms with Crippen molar-refractivity contribution in [3.63, 3.8) is 0 Å². The van der Waals surface area contributed by atoms with E-state index in [2.05, 4.69) is 32.3 Å². The summed E-state index contributed by atoms with van der Waals surface area (Å²) in [5, 5.41) is 20.9. The number of pyridine rings is 1. The molecular weight excluding hydrogens is 462 g/mol. The van der Waals surface area contributed by atoms with Crippen molar-refractivity contribution in [1.29, 1.82) is 0 Å². The zero-order chi connectivity index (χ0) is 25.6. The lowest BCUT2D eigenvalue weighted by atomic mass is 9.44. The summed E-state index contributed by atoms with van der Waals surface area (Å²) in [4.78, 5) is 31.5. The van der Waals surface area contributed by atoms with E-state index >= 15 is 0 Å². The van der Waals surface area contributed by atoms with E-state index in [0.717, 1.165) is 24.2 Å². The van der Waals surface area contributed by atoms with E-state index in [1.165, 1.54) is 11.8 Å². The average molecular weight is 502 g/mol. The SMILES string of the molecule is C=C[C@]1(C)C[C@@H](OC(=O)CSc2cncc(CO)c2)[C@]2(C)[C@H](C)CC[C@]3(CCC(=O)[C@H]32)[C@@H](C)[C@@H]1O. The number of carbonyl (C=O) groups excluding carboxylic acids is 2. The summed E-state index contributed by atoms with van der Waals surface area (Å²) in [5.41, 5.74) is -0.742. The molecule has 4 rings (SSSR count). The zero-order valence-electron chi connectivity index (χ0n) is 21.3. The van der Waals surface area contributed by atoms with Crippen molar-refractivity contribution in [3.05, 3.63) is 36.7 Å². The molecule has 0 aliphatic heterocycles. The lowest BCUT2D eigenvalue weighted by molar-refractivity contribution is -0.205. The molecule has 0 amide bonds. The Kier molecular flexibility index (Phi) is 7.26. The molecule has 1 aromatic rings. The third-order valence-corrected chi connectivity index (χ3v) is 10.8. The highest BCUT2D eigenvalue weighted by atomic mass is 32.2. The predicted octanol–water partition coefficient (Wildman–Crippen LogP) is 4.57. The fourth-order valence-electron chi connectivity index (χ4n) is 7.47. The summed E-state index contributed by atoms with van der Waals surface area (Å²) >= 11 is 1.32. The first-order valence-electron chi connectivity index (χ1n) is 12.7. The van der Waals surface area contributed by atoms with Gasteiger partial charge in [-0.3, -0.25) is 14.6 Å². The molecule has 0 radical (unpaired) electrons. The second-order valence-corrected chi connectivity index (χ2v) is 12.6. The van der Waals surface area contributed by atoms with Gasteiger partial charge in [-0.1, -0.05) is 33.8 Å². The van der Waals surface area contributed by atoms with E-state index in [1.807, 2.05) is 19.1 Å². The van der Waals surface area contributed by atoms with E-state index in [9.17, 15) is 19.8 Å². The lowest BCUT2D eigenvalue weighted by Gasteiger charge is -2.61. The Balaban J connectivity index is 1.66. The molecule has 0 saturated heterocycles. The number of aliphatic hydroxyl groups excluding tert-OH is 2. The molecule has 3 fully saturated rings. The number of esters is 1. The Morgan fingerprint density at radius 3 is 2.74 bits per heavy atom. The lowest BCUT2D eigenvalue weighted by Crippen LogP contribution is -2.63. The van der Waals surface area contributed by atoms with E-state index in [0.29, 0.717) is 18.4 Å². The van der Waals surface area contributed by atoms with Crippen LogP contribution in [-0.4, -0.2) is 44.9 Å². The van der Waals surface area contributed by atoms with Crippen LogP contribution in [0.5, 0.6) is 0 Å². The highest BCUT2D eigenvalue weighted by Gasteiger charge is 2.68. The van der Waals surface area contributed by atoms with Gasteiger partial charge in [0.25, 0.3) is 0 Å². The summed E-state index contributed by atoms with van der Waals surface area (Å²) in [6.45, 7) is 12.4. The molecule has 0 aromatic carbocycles. The molecule has 2 N–H and O–H groups in total. The largest absolute Gasteiger partial charge is 0.461 e. The van der Waals surface area contributed by atoms with Crippen molar-refractivity contribution >= 4 is 23.5 Å². The number of aliphatic hydroxyl groups is 2. The predicted molar refractivity (Wildman–Crippen MR) is 136 cm³/mol. The number of carbonyl (C=O) groups is 2. The summed E-state index contributed by atoms with van der Waals surface area (Å²) in [5.74, 6) is -0.0667. The van der Waals surface area contributed by atoms with E-state index in [-0.39, 0.29) is 47.3 Å². The van der Waals surface area contributed by atoms with Crippen LogP contribution in [0.3, 0.4) is 0 Å². The third kappa shape index (κ3) is 4.27. The van der Waals surface area contributed by atoms with Gasteiger partial charge in [-0.2, -0.15) is 0 Å². The van der Waals surface area contributed by atoms with Crippen molar-refractivity contribution in [3.8, 4) is 0 Å². The molecule has 8 atom stereocenters. The monoisotopic (exact) mass is 501 g/mol. The number of rotatable bonds is 6. The second kappa shape index (κ2) is 9.64. The van der Waals surface area contributed by atoms with E-state index in [1.54, 1.807) is 12.4 Å². The van der Waals surface area contributed by atoms with Gasteiger partial charge in [-0.15, -0.1) is 18.3 Å². The topological polar surface area (TPSA) is 96.7 Å². The molecule has 1 aromatic heterocycles. The molecule has 0 spiro atoms. The van der Waals surface area contributed by atoms with Crippen molar-refractivity contribution < 1.29 is 24.5 Å². The first-order chi connectivity index (χ1) is 16.5. The van der Waals surface area contributed by atoms with Crippen molar-refractivity contribution in [2.45, 2.75) is 83.5 Å². The minimum absolute atomic E-state index is 0.0488. The van der Waals surface area contributed by atoms with E-state index < -0.39 is 23.0 Å². The Hall–Kier alpha value is -1.70. The van der Waals surface area contributed by atoms with Gasteiger partial charge < -0.3 is 14.9 Å². The van der Waals surface area contributed by atoms with Gasteiger partial charge >= 0.3 is 5.97 Å². The van der Waals surface area contributed by atoms with Gasteiger partial charge in [0.05, 0.1) is 18.5 Å². The number of ketones is 1. The Morgan fingerprint density at radius 1 is 1.31 bits per heavy atom. The van der Waals surface area contributed by atoms with Crippen LogP contribution < -0.4 is 0 Å². The molecule has 3 aliphatic carbocycles. The van der Waals surface area contributed by atoms with Crippen LogP contribution in [0.1, 0.15) is 65.4 Å².